The van der Waals surface area contributed by atoms with Gasteiger partial charge in [0.15, 0.2) is 5.78 Å². The zero-order valence-electron chi connectivity index (χ0n) is 13.3. The summed E-state index contributed by atoms with van der Waals surface area (Å²) in [4.78, 5) is 25.6. The summed E-state index contributed by atoms with van der Waals surface area (Å²) < 4.78 is 5.75. The van der Waals surface area contributed by atoms with E-state index in [2.05, 4.69) is 5.32 Å². The first-order chi connectivity index (χ1) is 12.0. The number of ether oxygens (including phenoxy) is 1. The van der Waals surface area contributed by atoms with E-state index < -0.39 is 11.6 Å². The first kappa shape index (κ1) is 16.6. The van der Waals surface area contributed by atoms with Crippen LogP contribution < -0.4 is 5.32 Å². The number of esters is 1. The summed E-state index contributed by atoms with van der Waals surface area (Å²) in [6.07, 6.45) is 1.39. The minimum atomic E-state index is -0.633. The number of carbonyl (C=O) groups is 2. The Morgan fingerprint density at radius 2 is 1.72 bits per heavy atom. The first-order valence-electron chi connectivity index (χ1n) is 8.10. The second-order valence-corrected chi connectivity index (χ2v) is 7.08. The SMILES string of the molecule is O=C(c1cccc(Cl)c1Cl)c1cccc2c1C(=O)OC21CCNCC1. The van der Waals surface area contributed by atoms with Crippen molar-refractivity contribution < 1.29 is 14.3 Å². The normalized spacial score (nSPS) is 18.1. The number of fused-ring (bicyclic) bond motifs is 2. The van der Waals surface area contributed by atoms with Gasteiger partial charge in [0.1, 0.15) is 5.60 Å². The lowest BCUT2D eigenvalue weighted by molar-refractivity contribution is -0.0242. The highest BCUT2D eigenvalue weighted by Gasteiger charge is 2.47. The molecule has 4 nitrogen and oxygen atoms in total. The molecule has 2 aromatic carbocycles. The highest BCUT2D eigenvalue weighted by atomic mass is 35.5. The number of halogens is 2. The van der Waals surface area contributed by atoms with Crippen molar-refractivity contribution >= 4 is 35.0 Å². The molecule has 4 rings (SSSR count). The minimum absolute atomic E-state index is 0.190. The van der Waals surface area contributed by atoms with E-state index in [-0.39, 0.29) is 16.4 Å². The van der Waals surface area contributed by atoms with Gasteiger partial charge in [0, 0.05) is 29.5 Å². The molecule has 1 fully saturated rings. The summed E-state index contributed by atoms with van der Waals surface area (Å²) in [6, 6.07) is 10.2. The van der Waals surface area contributed by atoms with Crippen LogP contribution in [-0.2, 0) is 10.3 Å². The zero-order chi connectivity index (χ0) is 17.6. The van der Waals surface area contributed by atoms with Crippen LogP contribution >= 0.6 is 23.2 Å². The van der Waals surface area contributed by atoms with Gasteiger partial charge in [-0.3, -0.25) is 4.79 Å². The maximum absolute atomic E-state index is 13.0. The molecule has 0 bridgehead atoms. The predicted molar refractivity (Wildman–Crippen MR) is 95.5 cm³/mol. The maximum Gasteiger partial charge on any atom is 0.340 e. The number of carbonyl (C=O) groups excluding carboxylic acids is 2. The molecule has 6 heteroatoms. The van der Waals surface area contributed by atoms with Crippen molar-refractivity contribution in [2.45, 2.75) is 18.4 Å². The zero-order valence-corrected chi connectivity index (χ0v) is 14.8. The van der Waals surface area contributed by atoms with Crippen molar-refractivity contribution in [3.63, 3.8) is 0 Å². The molecule has 1 N–H and O–H groups in total. The van der Waals surface area contributed by atoms with Gasteiger partial charge >= 0.3 is 5.97 Å². The van der Waals surface area contributed by atoms with Crippen molar-refractivity contribution in [2.24, 2.45) is 0 Å². The van der Waals surface area contributed by atoms with Crippen molar-refractivity contribution in [3.05, 3.63) is 68.7 Å². The summed E-state index contributed by atoms with van der Waals surface area (Å²) >= 11 is 12.2. The Labute approximate surface area is 155 Å². The molecule has 0 amide bonds. The fourth-order valence-electron chi connectivity index (χ4n) is 3.65. The Kier molecular flexibility index (Phi) is 4.07. The van der Waals surface area contributed by atoms with Gasteiger partial charge in [-0.2, -0.15) is 0 Å². The van der Waals surface area contributed by atoms with E-state index >= 15 is 0 Å². The number of rotatable bonds is 2. The van der Waals surface area contributed by atoms with E-state index in [1.54, 1.807) is 30.3 Å². The van der Waals surface area contributed by atoms with Crippen LogP contribution in [0, 0.1) is 0 Å². The van der Waals surface area contributed by atoms with Crippen LogP contribution in [0.25, 0.3) is 0 Å². The second kappa shape index (κ2) is 6.13. The molecule has 0 unspecified atom stereocenters. The standard InChI is InChI=1S/C19H15Cl2NO3/c20-14-6-2-4-12(16(14)21)17(23)11-3-1-5-13-15(11)18(24)25-19(13)7-9-22-10-8-19/h1-6,22H,7-10H2. The third-order valence-electron chi connectivity index (χ3n) is 4.90. The number of piperidine rings is 1. The van der Waals surface area contributed by atoms with Gasteiger partial charge in [0.2, 0.25) is 0 Å². The van der Waals surface area contributed by atoms with E-state index in [0.717, 1.165) is 18.7 Å². The molecule has 0 aromatic heterocycles. The fourth-order valence-corrected chi connectivity index (χ4v) is 4.04. The molecular formula is C19H15Cl2NO3. The molecule has 0 aliphatic carbocycles. The molecule has 2 aliphatic rings. The van der Waals surface area contributed by atoms with Gasteiger partial charge in [-0.1, -0.05) is 47.5 Å². The number of nitrogens with one attached hydrogen (secondary N) is 1. The van der Waals surface area contributed by atoms with Gasteiger partial charge in [0.05, 0.1) is 15.6 Å². The highest BCUT2D eigenvalue weighted by molar-refractivity contribution is 6.44. The number of ketones is 1. The minimum Gasteiger partial charge on any atom is -0.450 e. The summed E-state index contributed by atoms with van der Waals surface area (Å²) in [5.74, 6) is -0.772. The highest BCUT2D eigenvalue weighted by Crippen LogP contribution is 2.44. The van der Waals surface area contributed by atoms with Crippen molar-refractivity contribution in [1.82, 2.24) is 5.32 Å². The molecule has 0 radical (unpaired) electrons. The molecule has 25 heavy (non-hydrogen) atoms. The molecule has 0 saturated carbocycles. The average Bonchev–Trinajstić information content (AvgIpc) is 2.89. The van der Waals surface area contributed by atoms with Gasteiger partial charge < -0.3 is 10.1 Å². The lowest BCUT2D eigenvalue weighted by Gasteiger charge is -2.33. The lowest BCUT2D eigenvalue weighted by Crippen LogP contribution is -2.39. The van der Waals surface area contributed by atoms with Crippen LogP contribution in [0.2, 0.25) is 10.0 Å². The molecule has 2 heterocycles. The van der Waals surface area contributed by atoms with E-state index in [1.807, 2.05) is 6.07 Å². The smallest absolute Gasteiger partial charge is 0.340 e. The van der Waals surface area contributed by atoms with Crippen LogP contribution in [0.1, 0.15) is 44.7 Å². The van der Waals surface area contributed by atoms with Crippen LogP contribution in [0.15, 0.2) is 36.4 Å². The number of benzene rings is 2. The van der Waals surface area contributed by atoms with Gasteiger partial charge in [-0.15, -0.1) is 0 Å². The Balaban J connectivity index is 1.84. The van der Waals surface area contributed by atoms with Gasteiger partial charge in [0.25, 0.3) is 0 Å². The Morgan fingerprint density at radius 1 is 1.04 bits per heavy atom. The van der Waals surface area contributed by atoms with E-state index in [4.69, 9.17) is 27.9 Å². The molecule has 1 saturated heterocycles. The summed E-state index contributed by atoms with van der Waals surface area (Å²) in [5, 5.41) is 3.76. The molecule has 128 valence electrons. The van der Waals surface area contributed by atoms with Crippen molar-refractivity contribution in [1.29, 1.82) is 0 Å². The lowest BCUT2D eigenvalue weighted by atomic mass is 9.82. The van der Waals surface area contributed by atoms with Crippen LogP contribution in [0.5, 0.6) is 0 Å². The molecule has 0 atom stereocenters. The summed E-state index contributed by atoms with van der Waals surface area (Å²) in [5.41, 5.74) is 1.10. The van der Waals surface area contributed by atoms with E-state index in [1.165, 1.54) is 0 Å². The molecular weight excluding hydrogens is 361 g/mol. The summed E-state index contributed by atoms with van der Waals surface area (Å²) in [7, 11) is 0. The van der Waals surface area contributed by atoms with Crippen LogP contribution in [0.4, 0.5) is 0 Å². The largest absolute Gasteiger partial charge is 0.450 e. The Hall–Kier alpha value is -1.88. The summed E-state index contributed by atoms with van der Waals surface area (Å²) in [6.45, 7) is 1.54. The van der Waals surface area contributed by atoms with Gasteiger partial charge in [-0.25, -0.2) is 4.79 Å². The third kappa shape index (κ3) is 2.56. The topological polar surface area (TPSA) is 55.4 Å². The predicted octanol–water partition coefficient (Wildman–Crippen LogP) is 3.97. The Bertz CT molecular complexity index is 888. The monoisotopic (exact) mass is 375 g/mol. The number of hydrogen-bond acceptors (Lipinski definition) is 4. The van der Waals surface area contributed by atoms with E-state index in [0.29, 0.717) is 29.0 Å². The average molecular weight is 376 g/mol. The van der Waals surface area contributed by atoms with Crippen LogP contribution in [0.3, 0.4) is 0 Å². The quantitative estimate of drug-likeness (QED) is 0.637. The van der Waals surface area contributed by atoms with Crippen molar-refractivity contribution in [3.8, 4) is 0 Å². The molecule has 2 aromatic rings. The van der Waals surface area contributed by atoms with Crippen molar-refractivity contribution in [2.75, 3.05) is 13.1 Å². The maximum atomic E-state index is 13.0. The number of hydrogen-bond donors (Lipinski definition) is 1. The Morgan fingerprint density at radius 3 is 2.48 bits per heavy atom. The first-order valence-corrected chi connectivity index (χ1v) is 8.85. The fraction of sp³-hybridized carbons (Fsp3) is 0.263. The van der Waals surface area contributed by atoms with E-state index in [9.17, 15) is 9.59 Å². The molecule has 2 aliphatic heterocycles. The second-order valence-electron chi connectivity index (χ2n) is 6.29. The van der Waals surface area contributed by atoms with Crippen LogP contribution in [-0.4, -0.2) is 24.8 Å². The third-order valence-corrected chi connectivity index (χ3v) is 5.72. The molecule has 1 spiro atoms. The van der Waals surface area contributed by atoms with Gasteiger partial charge in [-0.05, 0) is 25.2 Å².